The lowest BCUT2D eigenvalue weighted by molar-refractivity contribution is 0.430. The van der Waals surface area contributed by atoms with Crippen LogP contribution in [-0.4, -0.2) is 12.4 Å². The maximum Gasteiger partial charge on any atom is 0.123 e. The van der Waals surface area contributed by atoms with Crippen molar-refractivity contribution >= 4 is 11.6 Å². The number of benzene rings is 1. The van der Waals surface area contributed by atoms with E-state index in [4.69, 9.17) is 11.6 Å². The zero-order chi connectivity index (χ0) is 13.4. The molecule has 0 aliphatic heterocycles. The molecule has 0 aliphatic carbocycles. The smallest absolute Gasteiger partial charge is 0.123 e. The van der Waals surface area contributed by atoms with E-state index in [0.29, 0.717) is 5.92 Å². The molecule has 0 saturated heterocycles. The Bertz CT molecular complexity index is 348. The van der Waals surface area contributed by atoms with E-state index in [1.807, 2.05) is 13.0 Å². The number of hydrogen-bond donors (Lipinski definition) is 1. The van der Waals surface area contributed by atoms with Crippen LogP contribution in [0.3, 0.4) is 0 Å². The van der Waals surface area contributed by atoms with Crippen LogP contribution in [0, 0.1) is 18.7 Å². The molecule has 1 rings (SSSR count). The van der Waals surface area contributed by atoms with Crippen LogP contribution in [-0.2, 0) is 6.54 Å². The molecule has 1 aromatic carbocycles. The number of hydrogen-bond acceptors (Lipinski definition) is 1. The van der Waals surface area contributed by atoms with Gasteiger partial charge in [-0.3, -0.25) is 0 Å². The first-order chi connectivity index (χ1) is 8.67. The second-order valence-corrected chi connectivity index (χ2v) is 5.21. The Labute approximate surface area is 115 Å². The van der Waals surface area contributed by atoms with Crippen molar-refractivity contribution in [2.45, 2.75) is 39.7 Å². The molecule has 3 heteroatoms. The highest BCUT2D eigenvalue weighted by molar-refractivity contribution is 6.17. The van der Waals surface area contributed by atoms with Crippen LogP contribution in [0.4, 0.5) is 4.39 Å². The Morgan fingerprint density at radius 1 is 1.33 bits per heavy atom. The summed E-state index contributed by atoms with van der Waals surface area (Å²) in [4.78, 5) is 0. The first kappa shape index (κ1) is 15.5. The summed E-state index contributed by atoms with van der Waals surface area (Å²) < 4.78 is 13.0. The van der Waals surface area contributed by atoms with Crippen LogP contribution in [0.15, 0.2) is 18.2 Å². The fourth-order valence-electron chi connectivity index (χ4n) is 2.18. The highest BCUT2D eigenvalue weighted by Crippen LogP contribution is 2.13. The highest BCUT2D eigenvalue weighted by Gasteiger charge is 2.07. The van der Waals surface area contributed by atoms with Crippen LogP contribution in [0.2, 0.25) is 0 Å². The molecular formula is C15H23ClFN. The third kappa shape index (κ3) is 5.36. The number of halogens is 2. The predicted molar refractivity (Wildman–Crippen MR) is 76.6 cm³/mol. The van der Waals surface area contributed by atoms with Gasteiger partial charge >= 0.3 is 0 Å². The molecule has 1 nitrogen and oxygen atoms in total. The van der Waals surface area contributed by atoms with Crippen molar-refractivity contribution in [1.29, 1.82) is 0 Å². The summed E-state index contributed by atoms with van der Waals surface area (Å²) in [6.45, 7) is 5.93. The van der Waals surface area contributed by atoms with Gasteiger partial charge in [-0.25, -0.2) is 4.39 Å². The van der Waals surface area contributed by atoms with E-state index in [2.05, 4.69) is 12.2 Å². The highest BCUT2D eigenvalue weighted by atomic mass is 35.5. The lowest BCUT2D eigenvalue weighted by atomic mass is 10.0. The largest absolute Gasteiger partial charge is 0.312 e. The fourth-order valence-corrected chi connectivity index (χ4v) is 2.49. The predicted octanol–water partition coefficient (Wildman–Crippen LogP) is 4.27. The van der Waals surface area contributed by atoms with Gasteiger partial charge in [0.1, 0.15) is 5.82 Å². The molecule has 0 radical (unpaired) electrons. The number of nitrogens with one attached hydrogen (secondary N) is 1. The van der Waals surface area contributed by atoms with Crippen LogP contribution < -0.4 is 5.32 Å². The van der Waals surface area contributed by atoms with Gasteiger partial charge in [-0.05, 0) is 55.5 Å². The third-order valence-corrected chi connectivity index (χ3v) is 3.49. The molecule has 1 atom stereocenters. The number of aryl methyl sites for hydroxylation is 1. The van der Waals surface area contributed by atoms with Gasteiger partial charge < -0.3 is 5.32 Å². The van der Waals surface area contributed by atoms with Crippen molar-refractivity contribution in [3.8, 4) is 0 Å². The summed E-state index contributed by atoms with van der Waals surface area (Å²) in [5.74, 6) is 1.21. The number of rotatable bonds is 8. The molecule has 0 heterocycles. The van der Waals surface area contributed by atoms with Gasteiger partial charge in [-0.2, -0.15) is 0 Å². The van der Waals surface area contributed by atoms with E-state index < -0.39 is 0 Å². The van der Waals surface area contributed by atoms with Crippen LogP contribution >= 0.6 is 11.6 Å². The Kier molecular flexibility index (Phi) is 7.29. The first-order valence-electron chi connectivity index (χ1n) is 6.69. The minimum absolute atomic E-state index is 0.165. The zero-order valence-electron chi connectivity index (χ0n) is 11.3. The summed E-state index contributed by atoms with van der Waals surface area (Å²) in [6.07, 6.45) is 3.46. The Balaban J connectivity index is 2.39. The van der Waals surface area contributed by atoms with E-state index in [1.165, 1.54) is 18.9 Å². The fraction of sp³-hybridized carbons (Fsp3) is 0.600. The molecule has 0 bridgehead atoms. The minimum Gasteiger partial charge on any atom is -0.312 e. The lowest BCUT2D eigenvalue weighted by Gasteiger charge is -2.16. The van der Waals surface area contributed by atoms with Crippen molar-refractivity contribution < 1.29 is 4.39 Å². The van der Waals surface area contributed by atoms with Crippen molar-refractivity contribution in [1.82, 2.24) is 5.32 Å². The van der Waals surface area contributed by atoms with E-state index in [9.17, 15) is 4.39 Å². The molecule has 1 aromatic rings. The van der Waals surface area contributed by atoms with Crippen LogP contribution in [0.25, 0.3) is 0 Å². The molecule has 0 aliphatic rings. The van der Waals surface area contributed by atoms with Crippen molar-refractivity contribution in [2.75, 3.05) is 12.4 Å². The molecule has 18 heavy (non-hydrogen) atoms. The Hall–Kier alpha value is -0.600. The standard InChI is InChI=1S/C15H23ClFN/c1-3-4-13(7-8-16)10-18-11-14-5-6-15(17)9-12(14)2/h5-6,9,13,18H,3-4,7-8,10-11H2,1-2H3. The van der Waals surface area contributed by atoms with Gasteiger partial charge in [-0.15, -0.1) is 11.6 Å². The Morgan fingerprint density at radius 3 is 2.72 bits per heavy atom. The van der Waals surface area contributed by atoms with E-state index in [1.54, 1.807) is 6.07 Å². The van der Waals surface area contributed by atoms with Crippen molar-refractivity contribution in [3.63, 3.8) is 0 Å². The van der Waals surface area contributed by atoms with Gasteiger partial charge in [0.25, 0.3) is 0 Å². The second kappa shape index (κ2) is 8.49. The monoisotopic (exact) mass is 271 g/mol. The van der Waals surface area contributed by atoms with E-state index in [-0.39, 0.29) is 5.82 Å². The summed E-state index contributed by atoms with van der Waals surface area (Å²) in [5.41, 5.74) is 2.17. The molecule has 0 spiro atoms. The summed E-state index contributed by atoms with van der Waals surface area (Å²) in [6, 6.07) is 4.96. The summed E-state index contributed by atoms with van der Waals surface area (Å²) >= 11 is 5.80. The summed E-state index contributed by atoms with van der Waals surface area (Å²) in [7, 11) is 0. The molecule has 0 saturated carbocycles. The lowest BCUT2D eigenvalue weighted by Crippen LogP contribution is -2.23. The average Bonchev–Trinajstić information content (AvgIpc) is 2.32. The van der Waals surface area contributed by atoms with E-state index in [0.717, 1.165) is 36.5 Å². The quantitative estimate of drug-likeness (QED) is 0.697. The zero-order valence-corrected chi connectivity index (χ0v) is 12.1. The molecule has 1 unspecified atom stereocenters. The van der Waals surface area contributed by atoms with E-state index >= 15 is 0 Å². The molecule has 0 aromatic heterocycles. The topological polar surface area (TPSA) is 12.0 Å². The van der Waals surface area contributed by atoms with Crippen LogP contribution in [0.1, 0.15) is 37.3 Å². The SMILES string of the molecule is CCCC(CCCl)CNCc1ccc(F)cc1C. The average molecular weight is 272 g/mol. The van der Waals surface area contributed by atoms with Crippen LogP contribution in [0.5, 0.6) is 0 Å². The second-order valence-electron chi connectivity index (χ2n) is 4.83. The van der Waals surface area contributed by atoms with Gasteiger partial charge in [0.05, 0.1) is 0 Å². The van der Waals surface area contributed by atoms with Gasteiger partial charge in [-0.1, -0.05) is 19.4 Å². The molecule has 0 amide bonds. The van der Waals surface area contributed by atoms with Gasteiger partial charge in [0.2, 0.25) is 0 Å². The Morgan fingerprint density at radius 2 is 2.11 bits per heavy atom. The third-order valence-electron chi connectivity index (χ3n) is 3.27. The van der Waals surface area contributed by atoms with Gasteiger partial charge in [0.15, 0.2) is 0 Å². The summed E-state index contributed by atoms with van der Waals surface area (Å²) in [5, 5.41) is 3.45. The maximum atomic E-state index is 13.0. The molecule has 0 fully saturated rings. The first-order valence-corrected chi connectivity index (χ1v) is 7.22. The van der Waals surface area contributed by atoms with Crippen molar-refractivity contribution in [3.05, 3.63) is 35.1 Å². The maximum absolute atomic E-state index is 13.0. The minimum atomic E-state index is -0.165. The molecule has 102 valence electrons. The normalized spacial score (nSPS) is 12.7. The van der Waals surface area contributed by atoms with Gasteiger partial charge in [0, 0.05) is 12.4 Å². The molecule has 1 N–H and O–H groups in total. The molecular weight excluding hydrogens is 249 g/mol. The van der Waals surface area contributed by atoms with Crippen molar-refractivity contribution in [2.24, 2.45) is 5.92 Å². The number of alkyl halides is 1.